The summed E-state index contributed by atoms with van der Waals surface area (Å²) in [6.07, 6.45) is -0.279. The summed E-state index contributed by atoms with van der Waals surface area (Å²) in [4.78, 5) is 1.95. The van der Waals surface area contributed by atoms with Crippen molar-refractivity contribution in [3.63, 3.8) is 0 Å². The zero-order chi connectivity index (χ0) is 21.0. The van der Waals surface area contributed by atoms with Gasteiger partial charge in [-0.1, -0.05) is 40.9 Å². The van der Waals surface area contributed by atoms with Crippen LogP contribution in [0, 0.1) is 0 Å². The number of sulfone groups is 1. The van der Waals surface area contributed by atoms with Gasteiger partial charge in [0.25, 0.3) is 0 Å². The van der Waals surface area contributed by atoms with Gasteiger partial charge in [-0.25, -0.2) is 8.42 Å². The summed E-state index contributed by atoms with van der Waals surface area (Å²) in [5.41, 5.74) is 0.825. The molecule has 5 nitrogen and oxygen atoms in total. The summed E-state index contributed by atoms with van der Waals surface area (Å²) < 4.78 is 29.6. The second-order valence-corrected chi connectivity index (χ2v) is 10.6. The van der Waals surface area contributed by atoms with Crippen molar-refractivity contribution < 1.29 is 18.3 Å². The number of hydrogen-bond acceptors (Lipinski definition) is 5. The van der Waals surface area contributed by atoms with Gasteiger partial charge in [-0.3, -0.25) is 4.90 Å². The number of rotatable bonds is 8. The Morgan fingerprint density at radius 3 is 2.41 bits per heavy atom. The van der Waals surface area contributed by atoms with Crippen LogP contribution in [0.2, 0.25) is 15.1 Å². The topological polar surface area (TPSA) is 66.8 Å². The predicted octanol–water partition coefficient (Wildman–Crippen LogP) is 4.08. The Morgan fingerprint density at radius 2 is 1.79 bits per heavy atom. The molecule has 0 amide bonds. The third kappa shape index (κ3) is 6.74. The van der Waals surface area contributed by atoms with E-state index in [0.717, 1.165) is 5.56 Å². The smallest absolute Gasteiger partial charge is 0.151 e. The van der Waals surface area contributed by atoms with Gasteiger partial charge in [0.1, 0.15) is 18.5 Å². The van der Waals surface area contributed by atoms with Gasteiger partial charge in [-0.15, -0.1) is 0 Å². The van der Waals surface area contributed by atoms with Gasteiger partial charge in [0, 0.05) is 34.2 Å². The number of aliphatic hydroxyl groups excluding tert-OH is 1. The van der Waals surface area contributed by atoms with Crippen LogP contribution in [-0.2, 0) is 16.4 Å². The van der Waals surface area contributed by atoms with Crippen LogP contribution in [0.15, 0.2) is 42.5 Å². The molecule has 2 aromatic rings. The standard InChI is InChI=1S/C20H22Cl3NO4S/c21-15-3-5-19(6-4-15)28-12-18(25)11-24(17-7-8-29(26,27)13-17)10-14-1-2-16(22)9-20(14)23/h1-6,9,17-18,25H,7-8,10-13H2. The molecule has 29 heavy (non-hydrogen) atoms. The Bertz CT molecular complexity index is 937. The molecule has 1 heterocycles. The van der Waals surface area contributed by atoms with E-state index in [2.05, 4.69) is 0 Å². The monoisotopic (exact) mass is 477 g/mol. The third-order valence-corrected chi connectivity index (χ3v) is 7.40. The molecule has 0 aliphatic carbocycles. The number of ether oxygens (including phenoxy) is 1. The summed E-state index contributed by atoms with van der Waals surface area (Å²) in [7, 11) is -3.07. The molecule has 0 radical (unpaired) electrons. The van der Waals surface area contributed by atoms with E-state index in [1.54, 1.807) is 36.4 Å². The van der Waals surface area contributed by atoms with Crippen LogP contribution in [-0.4, -0.2) is 55.2 Å². The van der Waals surface area contributed by atoms with Crippen molar-refractivity contribution >= 4 is 44.6 Å². The van der Waals surface area contributed by atoms with Crippen LogP contribution in [0.1, 0.15) is 12.0 Å². The average molecular weight is 479 g/mol. The molecule has 2 atom stereocenters. The molecule has 1 aliphatic heterocycles. The van der Waals surface area contributed by atoms with E-state index < -0.39 is 15.9 Å². The first-order valence-corrected chi connectivity index (χ1v) is 12.1. The Kier molecular flexibility index (Phi) is 7.70. The predicted molar refractivity (Wildman–Crippen MR) is 117 cm³/mol. The van der Waals surface area contributed by atoms with Crippen LogP contribution in [0.25, 0.3) is 0 Å². The van der Waals surface area contributed by atoms with Crippen LogP contribution >= 0.6 is 34.8 Å². The maximum atomic E-state index is 12.0. The molecular weight excluding hydrogens is 457 g/mol. The lowest BCUT2D eigenvalue weighted by Crippen LogP contribution is -2.42. The molecule has 3 rings (SSSR count). The maximum absolute atomic E-state index is 12.0. The molecule has 1 aliphatic rings. The van der Waals surface area contributed by atoms with Gasteiger partial charge in [0.2, 0.25) is 0 Å². The highest BCUT2D eigenvalue weighted by Gasteiger charge is 2.33. The van der Waals surface area contributed by atoms with Gasteiger partial charge in [0.05, 0.1) is 11.5 Å². The van der Waals surface area contributed by atoms with Crippen molar-refractivity contribution in [3.05, 3.63) is 63.1 Å². The first-order chi connectivity index (χ1) is 13.7. The van der Waals surface area contributed by atoms with E-state index in [4.69, 9.17) is 39.5 Å². The molecule has 1 fully saturated rings. The van der Waals surface area contributed by atoms with Crippen molar-refractivity contribution in [1.29, 1.82) is 0 Å². The largest absolute Gasteiger partial charge is 0.491 e. The lowest BCUT2D eigenvalue weighted by molar-refractivity contribution is 0.0525. The molecule has 2 aromatic carbocycles. The molecular formula is C20H22Cl3NO4S. The van der Waals surface area contributed by atoms with Crippen molar-refractivity contribution in [2.75, 3.05) is 24.7 Å². The first kappa shape index (κ1) is 22.7. The van der Waals surface area contributed by atoms with Crippen LogP contribution in [0.4, 0.5) is 0 Å². The number of nitrogens with zero attached hydrogens (tertiary/aromatic N) is 1. The molecule has 1 saturated heterocycles. The lowest BCUT2D eigenvalue weighted by Gasteiger charge is -2.30. The summed E-state index contributed by atoms with van der Waals surface area (Å²) >= 11 is 18.1. The van der Waals surface area contributed by atoms with Crippen molar-refractivity contribution in [1.82, 2.24) is 4.90 Å². The van der Waals surface area contributed by atoms with Gasteiger partial charge >= 0.3 is 0 Å². The molecule has 2 unspecified atom stereocenters. The van der Waals surface area contributed by atoms with Crippen LogP contribution < -0.4 is 4.74 Å². The van der Waals surface area contributed by atoms with Gasteiger partial charge in [0.15, 0.2) is 9.84 Å². The van der Waals surface area contributed by atoms with Gasteiger partial charge in [-0.05, 0) is 48.4 Å². The van der Waals surface area contributed by atoms with E-state index in [0.29, 0.717) is 33.8 Å². The molecule has 0 saturated carbocycles. The second-order valence-electron chi connectivity index (χ2n) is 7.14. The SMILES string of the molecule is O=S1(=O)CCC(N(Cc2ccc(Cl)cc2Cl)CC(O)COc2ccc(Cl)cc2)C1. The first-order valence-electron chi connectivity index (χ1n) is 9.17. The number of aliphatic hydroxyl groups is 1. The average Bonchev–Trinajstić information content (AvgIpc) is 3.02. The van der Waals surface area contributed by atoms with E-state index in [9.17, 15) is 13.5 Å². The van der Waals surface area contributed by atoms with Gasteiger partial charge in [-0.2, -0.15) is 0 Å². The number of benzene rings is 2. The minimum Gasteiger partial charge on any atom is -0.491 e. The maximum Gasteiger partial charge on any atom is 0.151 e. The van der Waals surface area contributed by atoms with Crippen molar-refractivity contribution in [2.24, 2.45) is 0 Å². The molecule has 1 N–H and O–H groups in total. The lowest BCUT2D eigenvalue weighted by atomic mass is 10.1. The molecule has 9 heteroatoms. The number of halogens is 3. The Morgan fingerprint density at radius 1 is 1.10 bits per heavy atom. The number of hydrogen-bond donors (Lipinski definition) is 1. The summed E-state index contributed by atoms with van der Waals surface area (Å²) in [5, 5.41) is 12.2. The fourth-order valence-electron chi connectivity index (χ4n) is 3.32. The normalized spacial score (nSPS) is 19.4. The second kappa shape index (κ2) is 9.86. The Hall–Kier alpha value is -1.02. The summed E-state index contributed by atoms with van der Waals surface area (Å²) in [6.45, 7) is 0.743. The van der Waals surface area contributed by atoms with Crippen LogP contribution in [0.3, 0.4) is 0 Å². The molecule has 158 valence electrons. The van der Waals surface area contributed by atoms with Crippen molar-refractivity contribution in [2.45, 2.75) is 25.1 Å². The van der Waals surface area contributed by atoms with Gasteiger partial charge < -0.3 is 9.84 Å². The van der Waals surface area contributed by atoms with E-state index in [1.807, 2.05) is 11.0 Å². The highest BCUT2D eigenvalue weighted by Crippen LogP contribution is 2.26. The fraction of sp³-hybridized carbons (Fsp3) is 0.400. The molecule has 0 bridgehead atoms. The van der Waals surface area contributed by atoms with E-state index in [1.165, 1.54) is 0 Å². The highest BCUT2D eigenvalue weighted by atomic mass is 35.5. The quantitative estimate of drug-likeness (QED) is 0.619. The van der Waals surface area contributed by atoms with E-state index in [-0.39, 0.29) is 30.7 Å². The minimum atomic E-state index is -3.07. The third-order valence-electron chi connectivity index (χ3n) is 4.81. The van der Waals surface area contributed by atoms with Crippen LogP contribution in [0.5, 0.6) is 5.75 Å². The zero-order valence-electron chi connectivity index (χ0n) is 15.6. The summed E-state index contributed by atoms with van der Waals surface area (Å²) in [6, 6.07) is 11.9. The molecule has 0 aromatic heterocycles. The minimum absolute atomic E-state index is 0.0724. The summed E-state index contributed by atoms with van der Waals surface area (Å²) in [5.74, 6) is 0.826. The van der Waals surface area contributed by atoms with Crippen molar-refractivity contribution in [3.8, 4) is 5.75 Å². The fourth-order valence-corrected chi connectivity index (χ4v) is 5.68. The Balaban J connectivity index is 1.67. The van der Waals surface area contributed by atoms with E-state index >= 15 is 0 Å². The Labute approximate surface area is 186 Å². The zero-order valence-corrected chi connectivity index (χ0v) is 18.7. The molecule has 0 spiro atoms. The highest BCUT2D eigenvalue weighted by molar-refractivity contribution is 7.91.